The smallest absolute Gasteiger partial charge is 0.251 e. The van der Waals surface area contributed by atoms with Crippen LogP contribution in [0.25, 0.3) is 0 Å². The van der Waals surface area contributed by atoms with E-state index >= 15 is 0 Å². The molecule has 0 aliphatic heterocycles. The minimum absolute atomic E-state index is 0. The van der Waals surface area contributed by atoms with Crippen molar-refractivity contribution in [3.8, 4) is 0 Å². The Morgan fingerprint density at radius 2 is 1.76 bits per heavy atom. The molecule has 0 aliphatic carbocycles. The van der Waals surface area contributed by atoms with E-state index < -0.39 is 0 Å². The molecule has 0 bridgehead atoms. The number of carbonyl (C=O) groups excluding carboxylic acids is 2. The van der Waals surface area contributed by atoms with Gasteiger partial charge in [0.2, 0.25) is 5.91 Å². The Labute approximate surface area is 154 Å². The molecule has 0 unspecified atom stereocenters. The molecule has 4 N–H and O–H groups in total. The number of carbonyl (C=O) groups is 2. The van der Waals surface area contributed by atoms with Gasteiger partial charge in [0, 0.05) is 29.9 Å². The molecule has 0 radical (unpaired) electrons. The fourth-order valence-corrected chi connectivity index (χ4v) is 2.32. The molecule has 2 rings (SSSR count). The summed E-state index contributed by atoms with van der Waals surface area (Å²) in [6, 6.07) is 12.7. The summed E-state index contributed by atoms with van der Waals surface area (Å²) < 4.78 is 0. The van der Waals surface area contributed by atoms with Crippen LogP contribution in [0.4, 0.5) is 11.4 Å². The van der Waals surface area contributed by atoms with Gasteiger partial charge >= 0.3 is 0 Å². The fraction of sp³-hybridized carbons (Fsp3) is 0.263. The predicted molar refractivity (Wildman–Crippen MR) is 104 cm³/mol. The summed E-state index contributed by atoms with van der Waals surface area (Å²) in [5.41, 5.74) is 9.49. The second-order valence-electron chi connectivity index (χ2n) is 5.75. The molecule has 5 nitrogen and oxygen atoms in total. The summed E-state index contributed by atoms with van der Waals surface area (Å²) in [7, 11) is 0. The third-order valence-corrected chi connectivity index (χ3v) is 3.67. The van der Waals surface area contributed by atoms with E-state index in [1.54, 1.807) is 12.1 Å². The first-order valence-corrected chi connectivity index (χ1v) is 8.02. The molecular formula is C19H24ClN3O2. The Balaban J connectivity index is 0.00000312. The van der Waals surface area contributed by atoms with E-state index in [1.807, 2.05) is 44.2 Å². The number of amides is 2. The molecule has 0 aliphatic rings. The lowest BCUT2D eigenvalue weighted by atomic mass is 10.1. The summed E-state index contributed by atoms with van der Waals surface area (Å²) in [5, 5.41) is 5.72. The van der Waals surface area contributed by atoms with Crippen molar-refractivity contribution in [2.24, 2.45) is 0 Å². The summed E-state index contributed by atoms with van der Waals surface area (Å²) in [5.74, 6) is -0.143. The molecule has 0 aromatic heterocycles. The van der Waals surface area contributed by atoms with E-state index in [4.69, 9.17) is 5.73 Å². The third-order valence-electron chi connectivity index (χ3n) is 3.67. The van der Waals surface area contributed by atoms with Crippen molar-refractivity contribution in [1.29, 1.82) is 0 Å². The van der Waals surface area contributed by atoms with Crippen LogP contribution < -0.4 is 16.4 Å². The SMILES string of the molecule is CCCC(=O)Nc1ccc(CNC(=O)c2cc(N)ccc2C)cc1.Cl. The first kappa shape index (κ1) is 20.5. The van der Waals surface area contributed by atoms with Crippen molar-refractivity contribution in [2.75, 3.05) is 11.1 Å². The molecule has 0 saturated heterocycles. The molecule has 134 valence electrons. The molecule has 0 atom stereocenters. The number of aryl methyl sites for hydroxylation is 1. The van der Waals surface area contributed by atoms with E-state index in [-0.39, 0.29) is 24.2 Å². The van der Waals surface area contributed by atoms with Gasteiger partial charge in [-0.05, 0) is 48.7 Å². The van der Waals surface area contributed by atoms with Crippen LogP contribution in [-0.4, -0.2) is 11.8 Å². The van der Waals surface area contributed by atoms with Crippen molar-refractivity contribution < 1.29 is 9.59 Å². The molecule has 0 saturated carbocycles. The van der Waals surface area contributed by atoms with Crippen LogP contribution >= 0.6 is 12.4 Å². The number of nitrogens with two attached hydrogens (primary N) is 1. The minimum atomic E-state index is -0.153. The van der Waals surface area contributed by atoms with Gasteiger partial charge in [-0.3, -0.25) is 9.59 Å². The van der Waals surface area contributed by atoms with Gasteiger partial charge in [-0.25, -0.2) is 0 Å². The van der Waals surface area contributed by atoms with Gasteiger partial charge in [0.25, 0.3) is 5.91 Å². The van der Waals surface area contributed by atoms with Crippen LogP contribution in [0.15, 0.2) is 42.5 Å². The minimum Gasteiger partial charge on any atom is -0.399 e. The maximum Gasteiger partial charge on any atom is 0.251 e. The van der Waals surface area contributed by atoms with Crippen molar-refractivity contribution >= 4 is 35.6 Å². The normalized spacial score (nSPS) is 9.84. The molecule has 2 aromatic rings. The fourth-order valence-electron chi connectivity index (χ4n) is 2.32. The lowest BCUT2D eigenvalue weighted by Gasteiger charge is -2.09. The summed E-state index contributed by atoms with van der Waals surface area (Å²) in [6.45, 7) is 4.26. The maximum atomic E-state index is 12.3. The van der Waals surface area contributed by atoms with Crippen LogP contribution in [0.2, 0.25) is 0 Å². The lowest BCUT2D eigenvalue weighted by molar-refractivity contribution is -0.116. The number of halogens is 1. The lowest BCUT2D eigenvalue weighted by Crippen LogP contribution is -2.23. The van der Waals surface area contributed by atoms with Gasteiger partial charge in [0.1, 0.15) is 0 Å². The number of benzene rings is 2. The largest absolute Gasteiger partial charge is 0.399 e. The Kier molecular flexibility index (Phi) is 7.95. The van der Waals surface area contributed by atoms with Gasteiger partial charge in [0.15, 0.2) is 0 Å². The number of hydrogen-bond acceptors (Lipinski definition) is 3. The number of rotatable bonds is 6. The van der Waals surface area contributed by atoms with Gasteiger partial charge in [-0.15, -0.1) is 12.4 Å². The topological polar surface area (TPSA) is 84.2 Å². The number of nitrogens with one attached hydrogen (secondary N) is 2. The first-order chi connectivity index (χ1) is 11.5. The van der Waals surface area contributed by atoms with Crippen molar-refractivity contribution in [2.45, 2.75) is 33.2 Å². The van der Waals surface area contributed by atoms with Gasteiger partial charge in [-0.1, -0.05) is 25.1 Å². The zero-order valence-corrected chi connectivity index (χ0v) is 15.3. The average Bonchev–Trinajstić information content (AvgIpc) is 2.56. The highest BCUT2D eigenvalue weighted by molar-refractivity contribution is 5.96. The van der Waals surface area contributed by atoms with Crippen molar-refractivity contribution in [1.82, 2.24) is 5.32 Å². The van der Waals surface area contributed by atoms with E-state index in [1.165, 1.54) is 0 Å². The van der Waals surface area contributed by atoms with Crippen LogP contribution in [0.5, 0.6) is 0 Å². The van der Waals surface area contributed by atoms with Crippen LogP contribution in [0.1, 0.15) is 41.3 Å². The molecule has 0 fully saturated rings. The van der Waals surface area contributed by atoms with Gasteiger partial charge in [0.05, 0.1) is 0 Å². The quantitative estimate of drug-likeness (QED) is 0.686. The van der Waals surface area contributed by atoms with Crippen molar-refractivity contribution in [3.63, 3.8) is 0 Å². The predicted octanol–water partition coefficient (Wildman–Crippen LogP) is 3.67. The van der Waals surface area contributed by atoms with Gasteiger partial charge in [-0.2, -0.15) is 0 Å². The molecular weight excluding hydrogens is 338 g/mol. The highest BCUT2D eigenvalue weighted by Crippen LogP contribution is 2.14. The Hall–Kier alpha value is -2.53. The van der Waals surface area contributed by atoms with E-state index in [9.17, 15) is 9.59 Å². The molecule has 6 heteroatoms. The Morgan fingerprint density at radius 1 is 1.08 bits per heavy atom. The highest BCUT2D eigenvalue weighted by atomic mass is 35.5. The molecule has 2 aromatic carbocycles. The number of hydrogen-bond donors (Lipinski definition) is 3. The Morgan fingerprint density at radius 3 is 2.40 bits per heavy atom. The zero-order valence-electron chi connectivity index (χ0n) is 14.5. The van der Waals surface area contributed by atoms with Crippen LogP contribution in [0, 0.1) is 6.92 Å². The summed E-state index contributed by atoms with van der Waals surface area (Å²) in [4.78, 5) is 23.8. The van der Waals surface area contributed by atoms with Crippen LogP contribution in [-0.2, 0) is 11.3 Å². The Bertz CT molecular complexity index is 730. The number of nitrogen functional groups attached to an aromatic ring is 1. The molecule has 2 amide bonds. The molecule has 0 spiro atoms. The van der Waals surface area contributed by atoms with Crippen LogP contribution in [0.3, 0.4) is 0 Å². The summed E-state index contributed by atoms with van der Waals surface area (Å²) >= 11 is 0. The van der Waals surface area contributed by atoms with E-state index in [0.717, 1.165) is 23.2 Å². The van der Waals surface area contributed by atoms with E-state index in [2.05, 4.69) is 10.6 Å². The first-order valence-electron chi connectivity index (χ1n) is 8.02. The summed E-state index contributed by atoms with van der Waals surface area (Å²) in [6.07, 6.45) is 1.33. The highest BCUT2D eigenvalue weighted by Gasteiger charge is 2.09. The zero-order chi connectivity index (χ0) is 17.5. The molecule has 0 heterocycles. The second kappa shape index (κ2) is 9.69. The van der Waals surface area contributed by atoms with Gasteiger partial charge < -0.3 is 16.4 Å². The van der Waals surface area contributed by atoms with Crippen molar-refractivity contribution in [3.05, 3.63) is 59.2 Å². The standard InChI is InChI=1S/C19H23N3O2.ClH/c1-3-4-18(23)22-16-9-6-14(7-10-16)12-21-19(24)17-11-15(20)8-5-13(17)2;/h5-11H,3-4,12,20H2,1-2H3,(H,21,24)(H,22,23);1H. The molecule has 25 heavy (non-hydrogen) atoms. The van der Waals surface area contributed by atoms with E-state index in [0.29, 0.717) is 24.2 Å². The number of anilines is 2. The second-order valence-corrected chi connectivity index (χ2v) is 5.75. The monoisotopic (exact) mass is 361 g/mol. The average molecular weight is 362 g/mol. The maximum absolute atomic E-state index is 12.3. The third kappa shape index (κ3) is 6.12.